The Hall–Kier alpha value is -2.69. The second kappa shape index (κ2) is 7.25. The summed E-state index contributed by atoms with van der Waals surface area (Å²) in [4.78, 5) is 16.0. The first-order chi connectivity index (χ1) is 11.7. The molecule has 124 valence electrons. The Balaban J connectivity index is 1.75. The Labute approximate surface area is 139 Å². The van der Waals surface area contributed by atoms with Crippen LogP contribution in [0.1, 0.15) is 30.4 Å². The number of hydrogen-bond acceptors (Lipinski definition) is 4. The van der Waals surface area contributed by atoms with Gasteiger partial charge in [0.2, 0.25) is 0 Å². The molecule has 0 saturated heterocycles. The van der Waals surface area contributed by atoms with E-state index in [-0.39, 0.29) is 17.7 Å². The highest BCUT2D eigenvalue weighted by molar-refractivity contribution is 5.83. The van der Waals surface area contributed by atoms with Gasteiger partial charge >= 0.3 is 5.97 Å². The predicted molar refractivity (Wildman–Crippen MR) is 89.6 cm³/mol. The zero-order chi connectivity index (χ0) is 16.9. The Bertz CT molecular complexity index is 756. The fraction of sp³-hybridized carbons (Fsp3) is 0.263. The van der Waals surface area contributed by atoms with E-state index in [0.717, 1.165) is 16.9 Å². The fourth-order valence-corrected chi connectivity index (χ4v) is 2.64. The zero-order valence-corrected chi connectivity index (χ0v) is 13.4. The Kier molecular flexibility index (Phi) is 4.89. The molecule has 3 rings (SSSR count). The maximum absolute atomic E-state index is 12.9. The van der Waals surface area contributed by atoms with E-state index >= 15 is 0 Å². The Morgan fingerprint density at radius 3 is 2.88 bits per heavy atom. The number of hydrogen-bond donors (Lipinski definition) is 0. The first kappa shape index (κ1) is 16.2. The van der Waals surface area contributed by atoms with E-state index in [2.05, 4.69) is 4.99 Å². The van der Waals surface area contributed by atoms with Crippen LogP contribution in [-0.4, -0.2) is 25.4 Å². The summed E-state index contributed by atoms with van der Waals surface area (Å²) in [5.41, 5.74) is 2.57. The third kappa shape index (κ3) is 3.79. The second-order valence-electron chi connectivity index (χ2n) is 5.55. The summed E-state index contributed by atoms with van der Waals surface area (Å²) in [5, 5.41) is 0. The maximum Gasteiger partial charge on any atom is 0.306 e. The van der Waals surface area contributed by atoms with E-state index in [0.29, 0.717) is 25.3 Å². The molecule has 1 unspecified atom stereocenters. The molecule has 24 heavy (non-hydrogen) atoms. The lowest BCUT2D eigenvalue weighted by Crippen LogP contribution is -2.11. The highest BCUT2D eigenvalue weighted by Crippen LogP contribution is 2.36. The number of carbonyl (C=O) groups is 1. The second-order valence-corrected chi connectivity index (χ2v) is 5.55. The molecule has 4 nitrogen and oxygen atoms in total. The molecule has 0 saturated carbocycles. The van der Waals surface area contributed by atoms with E-state index in [1.165, 1.54) is 12.1 Å². The number of rotatable bonds is 5. The average molecular weight is 327 g/mol. The molecule has 0 spiro atoms. The normalized spacial score (nSPS) is 16.0. The molecule has 1 heterocycles. The highest BCUT2D eigenvalue weighted by Gasteiger charge is 2.27. The fourth-order valence-electron chi connectivity index (χ4n) is 2.64. The molecular formula is C19H18FNO3. The van der Waals surface area contributed by atoms with E-state index < -0.39 is 0 Å². The lowest BCUT2D eigenvalue weighted by Gasteiger charge is -2.08. The van der Waals surface area contributed by atoms with Crippen LogP contribution in [-0.2, 0) is 9.53 Å². The summed E-state index contributed by atoms with van der Waals surface area (Å²) in [6, 6.07) is 11.7. The standard InChI is InChI=1S/C19H18FNO3/c1-2-23-19(22)10-14-12-24-18-8-3-13(9-17(14)18)11-21-16-6-4-15(20)5-7-16/h3-9,11,14H,2,10,12H2,1H3/b21-11+. The van der Waals surface area contributed by atoms with E-state index in [1.807, 2.05) is 18.2 Å². The monoisotopic (exact) mass is 327 g/mol. The van der Waals surface area contributed by atoms with Crippen LogP contribution in [0.15, 0.2) is 47.5 Å². The van der Waals surface area contributed by atoms with Gasteiger partial charge in [-0.3, -0.25) is 9.79 Å². The van der Waals surface area contributed by atoms with Crippen LogP contribution in [0.5, 0.6) is 5.75 Å². The summed E-state index contributed by atoms with van der Waals surface area (Å²) >= 11 is 0. The van der Waals surface area contributed by atoms with Gasteiger partial charge in [0.25, 0.3) is 0 Å². The number of carbonyl (C=O) groups excluding carboxylic acids is 1. The molecule has 1 atom stereocenters. The van der Waals surface area contributed by atoms with Gasteiger partial charge < -0.3 is 9.47 Å². The minimum absolute atomic E-state index is 0.00165. The van der Waals surface area contributed by atoms with Gasteiger partial charge in [-0.2, -0.15) is 0 Å². The highest BCUT2D eigenvalue weighted by atomic mass is 19.1. The van der Waals surface area contributed by atoms with Crippen molar-refractivity contribution < 1.29 is 18.7 Å². The molecule has 0 radical (unpaired) electrons. The molecule has 2 aromatic carbocycles. The van der Waals surface area contributed by atoms with Crippen molar-refractivity contribution in [1.82, 2.24) is 0 Å². The molecule has 0 fully saturated rings. The molecule has 5 heteroatoms. The number of benzene rings is 2. The number of ether oxygens (including phenoxy) is 2. The summed E-state index contributed by atoms with van der Waals surface area (Å²) in [6.45, 7) is 2.65. The van der Waals surface area contributed by atoms with Gasteiger partial charge in [0.1, 0.15) is 11.6 Å². The van der Waals surface area contributed by atoms with Crippen molar-refractivity contribution in [1.29, 1.82) is 0 Å². The maximum atomic E-state index is 12.9. The quantitative estimate of drug-likeness (QED) is 0.616. The third-order valence-electron chi connectivity index (χ3n) is 3.82. The number of nitrogens with zero attached hydrogens (tertiary/aromatic N) is 1. The topological polar surface area (TPSA) is 47.9 Å². The number of aliphatic imine (C=N–C) groups is 1. The first-order valence-corrected chi connectivity index (χ1v) is 7.87. The van der Waals surface area contributed by atoms with Gasteiger partial charge in [0.15, 0.2) is 0 Å². The van der Waals surface area contributed by atoms with Gasteiger partial charge in [-0.05, 0) is 55.0 Å². The van der Waals surface area contributed by atoms with Crippen LogP contribution < -0.4 is 4.74 Å². The van der Waals surface area contributed by atoms with Crippen LogP contribution in [0.25, 0.3) is 0 Å². The van der Waals surface area contributed by atoms with Gasteiger partial charge in [0, 0.05) is 17.7 Å². The van der Waals surface area contributed by atoms with Crippen molar-refractivity contribution in [3.8, 4) is 5.75 Å². The molecule has 1 aliphatic rings. The molecule has 0 N–H and O–H groups in total. The molecule has 0 aliphatic carbocycles. The summed E-state index contributed by atoms with van der Waals surface area (Å²) in [5.74, 6) is 0.288. The first-order valence-electron chi connectivity index (χ1n) is 7.87. The van der Waals surface area contributed by atoms with Crippen LogP contribution >= 0.6 is 0 Å². The molecule has 0 aromatic heterocycles. The van der Waals surface area contributed by atoms with E-state index in [1.54, 1.807) is 25.3 Å². The number of esters is 1. The summed E-state index contributed by atoms with van der Waals surface area (Å²) in [7, 11) is 0. The Morgan fingerprint density at radius 1 is 1.33 bits per heavy atom. The van der Waals surface area contributed by atoms with Crippen LogP contribution in [0.4, 0.5) is 10.1 Å². The average Bonchev–Trinajstić information content (AvgIpc) is 2.97. The molecular weight excluding hydrogens is 309 g/mol. The third-order valence-corrected chi connectivity index (χ3v) is 3.82. The van der Waals surface area contributed by atoms with Gasteiger partial charge in [0.05, 0.1) is 25.3 Å². The zero-order valence-electron chi connectivity index (χ0n) is 13.4. The SMILES string of the molecule is CCOC(=O)CC1COc2ccc(/C=N/c3ccc(F)cc3)cc21. The van der Waals surface area contributed by atoms with Crippen LogP contribution in [0.2, 0.25) is 0 Å². The van der Waals surface area contributed by atoms with Crippen molar-refractivity contribution in [3.05, 3.63) is 59.4 Å². The smallest absolute Gasteiger partial charge is 0.306 e. The minimum Gasteiger partial charge on any atom is -0.493 e. The Morgan fingerprint density at radius 2 is 2.12 bits per heavy atom. The molecule has 2 aromatic rings. The predicted octanol–water partition coefficient (Wildman–Crippen LogP) is 4.01. The number of fused-ring (bicyclic) bond motifs is 1. The van der Waals surface area contributed by atoms with Gasteiger partial charge in [-0.1, -0.05) is 0 Å². The molecule has 0 amide bonds. The van der Waals surface area contributed by atoms with Crippen molar-refractivity contribution in [2.45, 2.75) is 19.3 Å². The van der Waals surface area contributed by atoms with E-state index in [4.69, 9.17) is 9.47 Å². The van der Waals surface area contributed by atoms with Crippen molar-refractivity contribution in [2.24, 2.45) is 4.99 Å². The van der Waals surface area contributed by atoms with Crippen LogP contribution in [0, 0.1) is 5.82 Å². The van der Waals surface area contributed by atoms with Gasteiger partial charge in [-0.15, -0.1) is 0 Å². The van der Waals surface area contributed by atoms with Crippen molar-refractivity contribution in [3.63, 3.8) is 0 Å². The van der Waals surface area contributed by atoms with Crippen molar-refractivity contribution in [2.75, 3.05) is 13.2 Å². The lowest BCUT2D eigenvalue weighted by molar-refractivity contribution is -0.143. The molecule has 0 bridgehead atoms. The van der Waals surface area contributed by atoms with E-state index in [9.17, 15) is 9.18 Å². The summed E-state index contributed by atoms with van der Waals surface area (Å²) in [6.07, 6.45) is 2.02. The van der Waals surface area contributed by atoms with Crippen molar-refractivity contribution >= 4 is 17.9 Å². The summed E-state index contributed by atoms with van der Waals surface area (Å²) < 4.78 is 23.5. The lowest BCUT2D eigenvalue weighted by atomic mass is 9.96. The molecule has 1 aliphatic heterocycles. The largest absolute Gasteiger partial charge is 0.493 e. The van der Waals surface area contributed by atoms with Gasteiger partial charge in [-0.25, -0.2) is 4.39 Å². The minimum atomic E-state index is -0.287. The van der Waals surface area contributed by atoms with Crippen LogP contribution in [0.3, 0.4) is 0 Å². The number of halogens is 1.